The highest BCUT2D eigenvalue weighted by molar-refractivity contribution is 6.31. The Hall–Kier alpha value is -1.75. The summed E-state index contributed by atoms with van der Waals surface area (Å²) >= 11 is 6.36. The Labute approximate surface area is 198 Å². The van der Waals surface area contributed by atoms with Crippen molar-refractivity contribution in [1.82, 2.24) is 4.90 Å². The molecular weight excluding hydrogens is 426 g/mol. The number of methoxy groups -OCH3 is 1. The SMILES string of the molecule is CCC(C)(C)C(=O)OC.Cc1cc2c(cc1Cl)C1(CC2)CCN(C(=O)OC(C)(C)C)CC1. The molecular formula is C26H40ClNO4. The number of benzene rings is 1. The highest BCUT2D eigenvalue weighted by Gasteiger charge is 2.42. The molecule has 0 unspecified atom stereocenters. The minimum Gasteiger partial charge on any atom is -0.469 e. The number of piperidine rings is 1. The second kappa shape index (κ2) is 10.0. The summed E-state index contributed by atoms with van der Waals surface area (Å²) in [5, 5.41) is 0.861. The van der Waals surface area contributed by atoms with E-state index in [0.29, 0.717) is 0 Å². The van der Waals surface area contributed by atoms with Crippen molar-refractivity contribution < 1.29 is 19.1 Å². The Bertz CT molecular complexity index is 833. The fourth-order valence-corrected chi connectivity index (χ4v) is 4.50. The zero-order valence-corrected chi connectivity index (χ0v) is 21.8. The number of carbonyl (C=O) groups is 2. The molecule has 1 amide bonds. The summed E-state index contributed by atoms with van der Waals surface area (Å²) in [6.45, 7) is 15.0. The first kappa shape index (κ1) is 26.5. The van der Waals surface area contributed by atoms with Crippen molar-refractivity contribution in [3.8, 4) is 0 Å². The van der Waals surface area contributed by atoms with Crippen LogP contribution >= 0.6 is 11.6 Å². The summed E-state index contributed by atoms with van der Waals surface area (Å²) in [6, 6.07) is 4.41. The maximum absolute atomic E-state index is 12.2. The highest BCUT2D eigenvalue weighted by Crippen LogP contribution is 2.47. The largest absolute Gasteiger partial charge is 0.469 e. The minimum atomic E-state index is -0.433. The van der Waals surface area contributed by atoms with Crippen molar-refractivity contribution >= 4 is 23.7 Å². The van der Waals surface area contributed by atoms with Gasteiger partial charge in [-0.25, -0.2) is 4.79 Å². The van der Waals surface area contributed by atoms with Gasteiger partial charge in [-0.3, -0.25) is 4.79 Å². The van der Waals surface area contributed by atoms with Gasteiger partial charge in [0.1, 0.15) is 5.60 Å². The van der Waals surface area contributed by atoms with Crippen molar-refractivity contribution in [1.29, 1.82) is 0 Å². The molecule has 3 rings (SSSR count). The summed E-state index contributed by atoms with van der Waals surface area (Å²) in [5.74, 6) is -0.134. The lowest BCUT2D eigenvalue weighted by Gasteiger charge is -2.40. The third-order valence-electron chi connectivity index (χ3n) is 6.82. The van der Waals surface area contributed by atoms with Crippen LogP contribution in [0.3, 0.4) is 0 Å². The molecule has 1 spiro atoms. The number of aryl methyl sites for hydroxylation is 2. The average molecular weight is 466 g/mol. The Morgan fingerprint density at radius 3 is 2.16 bits per heavy atom. The molecule has 1 aliphatic carbocycles. The van der Waals surface area contributed by atoms with Crippen molar-refractivity contribution in [2.24, 2.45) is 5.41 Å². The van der Waals surface area contributed by atoms with Crippen LogP contribution in [0.2, 0.25) is 5.02 Å². The Morgan fingerprint density at radius 2 is 1.69 bits per heavy atom. The van der Waals surface area contributed by atoms with Crippen LogP contribution in [0.15, 0.2) is 12.1 Å². The van der Waals surface area contributed by atoms with E-state index in [1.165, 1.54) is 24.7 Å². The van der Waals surface area contributed by atoms with Gasteiger partial charge in [-0.15, -0.1) is 0 Å². The van der Waals surface area contributed by atoms with Gasteiger partial charge < -0.3 is 14.4 Å². The van der Waals surface area contributed by atoms with E-state index in [9.17, 15) is 9.59 Å². The number of amides is 1. The van der Waals surface area contributed by atoms with Gasteiger partial charge in [0.25, 0.3) is 0 Å². The molecule has 0 atom stereocenters. The number of esters is 1. The Morgan fingerprint density at radius 1 is 1.09 bits per heavy atom. The number of ether oxygens (including phenoxy) is 2. The molecule has 1 fully saturated rings. The fraction of sp³-hybridized carbons (Fsp3) is 0.692. The van der Waals surface area contributed by atoms with Gasteiger partial charge >= 0.3 is 12.1 Å². The van der Waals surface area contributed by atoms with E-state index in [-0.39, 0.29) is 22.9 Å². The van der Waals surface area contributed by atoms with E-state index in [1.54, 1.807) is 0 Å². The third kappa shape index (κ3) is 6.18. The van der Waals surface area contributed by atoms with E-state index < -0.39 is 5.60 Å². The van der Waals surface area contributed by atoms with Crippen LogP contribution < -0.4 is 0 Å². The van der Waals surface area contributed by atoms with Crippen LogP contribution in [0.4, 0.5) is 4.79 Å². The van der Waals surface area contributed by atoms with Crippen molar-refractivity contribution in [3.05, 3.63) is 33.8 Å². The van der Waals surface area contributed by atoms with Gasteiger partial charge in [-0.2, -0.15) is 0 Å². The van der Waals surface area contributed by atoms with Gasteiger partial charge in [-0.05, 0) is 102 Å². The standard InChI is InChI=1S/C19H26ClNO2.C7H14O2/c1-13-11-14-5-6-19(15(14)12-16(13)20)7-9-21(10-8-19)17(22)23-18(2,3)4;1-5-7(2,3)6(8)9-4/h11-12H,5-10H2,1-4H3;5H2,1-4H3. The third-order valence-corrected chi connectivity index (χ3v) is 7.23. The topological polar surface area (TPSA) is 55.8 Å². The summed E-state index contributed by atoms with van der Waals surface area (Å²) in [6.07, 6.45) is 4.92. The van der Waals surface area contributed by atoms with Gasteiger partial charge in [0.05, 0.1) is 12.5 Å². The Balaban J connectivity index is 0.000000344. The van der Waals surface area contributed by atoms with Gasteiger partial charge in [0.15, 0.2) is 0 Å². The molecule has 0 bridgehead atoms. The smallest absolute Gasteiger partial charge is 0.410 e. The normalized spacial score (nSPS) is 17.3. The van der Waals surface area contributed by atoms with Crippen LogP contribution in [0.5, 0.6) is 0 Å². The van der Waals surface area contributed by atoms with Gasteiger partial charge in [0, 0.05) is 18.1 Å². The van der Waals surface area contributed by atoms with Crippen LogP contribution in [-0.2, 0) is 26.1 Å². The molecule has 1 aromatic rings. The quantitative estimate of drug-likeness (QED) is 0.470. The highest BCUT2D eigenvalue weighted by atomic mass is 35.5. The van der Waals surface area contributed by atoms with Crippen LogP contribution in [0, 0.1) is 12.3 Å². The van der Waals surface area contributed by atoms with Crippen molar-refractivity contribution in [2.45, 2.75) is 91.6 Å². The van der Waals surface area contributed by atoms with Crippen molar-refractivity contribution in [2.75, 3.05) is 20.2 Å². The molecule has 180 valence electrons. The van der Waals surface area contributed by atoms with E-state index in [1.807, 2.05) is 46.4 Å². The molecule has 5 nitrogen and oxygen atoms in total. The zero-order valence-electron chi connectivity index (χ0n) is 21.1. The summed E-state index contributed by atoms with van der Waals surface area (Å²) in [5.41, 5.74) is 3.47. The van der Waals surface area contributed by atoms with Crippen LogP contribution in [0.1, 0.15) is 83.9 Å². The number of halogens is 1. The van der Waals surface area contributed by atoms with Gasteiger partial charge in [-0.1, -0.05) is 24.6 Å². The lowest BCUT2D eigenvalue weighted by molar-refractivity contribution is -0.150. The number of rotatable bonds is 2. The number of hydrogen-bond donors (Lipinski definition) is 0. The molecule has 1 aromatic carbocycles. The van der Waals surface area contributed by atoms with E-state index in [0.717, 1.165) is 49.4 Å². The lowest BCUT2D eigenvalue weighted by Crippen LogP contribution is -2.46. The molecule has 0 saturated carbocycles. The minimum absolute atomic E-state index is 0.134. The molecule has 1 aliphatic heterocycles. The second-order valence-electron chi connectivity index (χ2n) is 10.7. The molecule has 0 radical (unpaired) electrons. The zero-order chi connectivity index (χ0) is 24.3. The molecule has 6 heteroatoms. The van der Waals surface area contributed by atoms with E-state index in [4.69, 9.17) is 16.3 Å². The van der Waals surface area contributed by atoms with E-state index in [2.05, 4.69) is 23.8 Å². The number of fused-ring (bicyclic) bond motifs is 2. The maximum atomic E-state index is 12.2. The number of hydrogen-bond acceptors (Lipinski definition) is 4. The van der Waals surface area contributed by atoms with E-state index >= 15 is 0 Å². The molecule has 32 heavy (non-hydrogen) atoms. The molecule has 1 saturated heterocycles. The van der Waals surface area contributed by atoms with Crippen molar-refractivity contribution in [3.63, 3.8) is 0 Å². The molecule has 0 N–H and O–H groups in total. The monoisotopic (exact) mass is 465 g/mol. The summed E-state index contributed by atoms with van der Waals surface area (Å²) in [7, 11) is 1.42. The van der Waals surface area contributed by atoms with Crippen LogP contribution in [0.25, 0.3) is 0 Å². The summed E-state index contributed by atoms with van der Waals surface area (Å²) in [4.78, 5) is 24.9. The fourth-order valence-electron chi connectivity index (χ4n) is 4.33. The number of likely N-dealkylation sites (tertiary alicyclic amines) is 1. The predicted molar refractivity (Wildman–Crippen MR) is 129 cm³/mol. The first-order valence-corrected chi connectivity index (χ1v) is 12.0. The molecule has 0 aromatic heterocycles. The van der Waals surface area contributed by atoms with Gasteiger partial charge in [0.2, 0.25) is 0 Å². The lowest BCUT2D eigenvalue weighted by atomic mass is 9.74. The first-order chi connectivity index (χ1) is 14.7. The summed E-state index contributed by atoms with van der Waals surface area (Å²) < 4.78 is 10.1. The Kier molecular flexibility index (Phi) is 8.30. The molecule has 1 heterocycles. The predicted octanol–water partition coefficient (Wildman–Crippen LogP) is 6.46. The maximum Gasteiger partial charge on any atom is 0.410 e. The first-order valence-electron chi connectivity index (χ1n) is 11.6. The average Bonchev–Trinajstić information content (AvgIpc) is 3.04. The number of nitrogens with zero attached hydrogens (tertiary/aromatic N) is 1. The second-order valence-corrected chi connectivity index (χ2v) is 11.1. The van der Waals surface area contributed by atoms with Crippen LogP contribution in [-0.4, -0.2) is 42.8 Å². The molecule has 2 aliphatic rings. The number of carbonyl (C=O) groups excluding carboxylic acids is 2.